The van der Waals surface area contributed by atoms with Gasteiger partial charge in [0.2, 0.25) is 0 Å². The molecule has 2 amide bonds. The van der Waals surface area contributed by atoms with Crippen LogP contribution < -0.4 is 15.4 Å². The lowest BCUT2D eigenvalue weighted by atomic mass is 10.2. The number of carboxylic acids is 1. The van der Waals surface area contributed by atoms with E-state index in [1.165, 1.54) is 12.1 Å². The number of hydrogen-bond acceptors (Lipinski definition) is 3. The zero-order chi connectivity index (χ0) is 14.3. The van der Waals surface area contributed by atoms with Crippen LogP contribution in [0, 0.1) is 0 Å². The van der Waals surface area contributed by atoms with Gasteiger partial charge in [0.05, 0.1) is 6.54 Å². The molecule has 1 aromatic carbocycles. The summed E-state index contributed by atoms with van der Waals surface area (Å²) >= 11 is 5.71. The van der Waals surface area contributed by atoms with Crippen LogP contribution in [0.25, 0.3) is 0 Å². The van der Waals surface area contributed by atoms with Crippen LogP contribution >= 0.6 is 11.6 Å². The number of carbonyl (C=O) groups excluding carboxylic acids is 1. The number of urea groups is 1. The Hall–Kier alpha value is -1.95. The second-order valence-corrected chi connectivity index (χ2v) is 4.02. The Labute approximate surface area is 115 Å². The molecule has 0 heterocycles. The van der Waals surface area contributed by atoms with E-state index in [1.807, 2.05) is 6.92 Å². The van der Waals surface area contributed by atoms with Crippen LogP contribution in [-0.4, -0.2) is 36.8 Å². The zero-order valence-corrected chi connectivity index (χ0v) is 11.2. The van der Waals surface area contributed by atoms with Gasteiger partial charge in [-0.2, -0.15) is 0 Å². The van der Waals surface area contributed by atoms with E-state index in [-0.39, 0.29) is 30.5 Å². The van der Waals surface area contributed by atoms with Crippen molar-refractivity contribution in [2.45, 2.75) is 6.92 Å². The predicted octanol–water partition coefficient (Wildman–Crippen LogP) is 1.74. The molecule has 0 aliphatic rings. The molecule has 0 aliphatic heterocycles. The number of halogens is 1. The van der Waals surface area contributed by atoms with Crippen molar-refractivity contribution in [1.29, 1.82) is 0 Å². The van der Waals surface area contributed by atoms with Gasteiger partial charge < -0.3 is 20.5 Å². The maximum absolute atomic E-state index is 11.1. The van der Waals surface area contributed by atoms with E-state index < -0.39 is 5.97 Å². The van der Waals surface area contributed by atoms with Gasteiger partial charge in [-0.15, -0.1) is 0 Å². The minimum absolute atomic E-state index is 0.00879. The third kappa shape index (κ3) is 5.05. The van der Waals surface area contributed by atoms with Crippen LogP contribution in [0.1, 0.15) is 17.3 Å². The Bertz CT molecular complexity index is 465. The smallest absolute Gasteiger partial charge is 0.339 e. The van der Waals surface area contributed by atoms with E-state index in [1.54, 1.807) is 6.07 Å². The number of carboxylic acid groups (broad SMARTS) is 1. The van der Waals surface area contributed by atoms with Crippen LogP contribution in [0.3, 0.4) is 0 Å². The number of ether oxygens (including phenoxy) is 1. The van der Waals surface area contributed by atoms with Crippen molar-refractivity contribution >= 4 is 23.6 Å². The lowest BCUT2D eigenvalue weighted by Gasteiger charge is -2.10. The van der Waals surface area contributed by atoms with Crippen molar-refractivity contribution < 1.29 is 19.4 Å². The van der Waals surface area contributed by atoms with Gasteiger partial charge in [-0.25, -0.2) is 9.59 Å². The second kappa shape index (κ2) is 7.48. The molecule has 1 rings (SSSR count). The van der Waals surface area contributed by atoms with Crippen LogP contribution in [0.2, 0.25) is 5.02 Å². The van der Waals surface area contributed by atoms with Gasteiger partial charge in [0.15, 0.2) is 0 Å². The highest BCUT2D eigenvalue weighted by atomic mass is 35.5. The molecule has 3 N–H and O–H groups in total. The number of carbonyl (C=O) groups is 2. The summed E-state index contributed by atoms with van der Waals surface area (Å²) in [5.41, 5.74) is -0.00879. The molecular weight excluding hydrogens is 272 g/mol. The Morgan fingerprint density at radius 2 is 2.11 bits per heavy atom. The van der Waals surface area contributed by atoms with Gasteiger partial charge >= 0.3 is 12.0 Å². The highest BCUT2D eigenvalue weighted by molar-refractivity contribution is 6.31. The highest BCUT2D eigenvalue weighted by Gasteiger charge is 2.11. The first-order valence-electron chi connectivity index (χ1n) is 5.72. The standard InChI is InChI=1S/C12H15ClN2O4/c1-2-14-12(18)15-5-6-19-10-4-3-8(13)7-9(10)11(16)17/h3-4,7H,2,5-6H2,1H3,(H,16,17)(H2,14,15,18). The van der Waals surface area contributed by atoms with E-state index in [9.17, 15) is 9.59 Å². The largest absolute Gasteiger partial charge is 0.491 e. The summed E-state index contributed by atoms with van der Waals surface area (Å²) in [6.45, 7) is 2.78. The number of nitrogens with one attached hydrogen (secondary N) is 2. The van der Waals surface area contributed by atoms with Crippen molar-refractivity contribution in [1.82, 2.24) is 10.6 Å². The first kappa shape index (κ1) is 15.1. The molecule has 0 aliphatic carbocycles. The number of amides is 2. The Morgan fingerprint density at radius 1 is 1.37 bits per heavy atom. The summed E-state index contributed by atoms with van der Waals surface area (Å²) in [6, 6.07) is 4.05. The van der Waals surface area contributed by atoms with Crippen molar-refractivity contribution in [3.05, 3.63) is 28.8 Å². The minimum atomic E-state index is -1.12. The average Bonchev–Trinajstić information content (AvgIpc) is 2.36. The number of aromatic carboxylic acids is 1. The molecular formula is C12H15ClN2O4. The SMILES string of the molecule is CCNC(=O)NCCOc1ccc(Cl)cc1C(=O)O. The van der Waals surface area contributed by atoms with Crippen LogP contribution in [0.5, 0.6) is 5.75 Å². The summed E-state index contributed by atoms with van der Waals surface area (Å²) in [5.74, 6) is -0.899. The lowest BCUT2D eigenvalue weighted by molar-refractivity contribution is 0.0692. The molecule has 19 heavy (non-hydrogen) atoms. The van der Waals surface area contributed by atoms with Gasteiger partial charge in [-0.3, -0.25) is 0 Å². The summed E-state index contributed by atoms with van der Waals surface area (Å²) < 4.78 is 5.30. The van der Waals surface area contributed by atoms with Gasteiger partial charge in [0, 0.05) is 11.6 Å². The first-order valence-corrected chi connectivity index (χ1v) is 6.09. The van der Waals surface area contributed by atoms with Crippen molar-refractivity contribution in [2.24, 2.45) is 0 Å². The molecule has 0 fully saturated rings. The molecule has 0 saturated heterocycles. The summed E-state index contributed by atoms with van der Waals surface area (Å²) in [4.78, 5) is 22.1. The molecule has 0 aromatic heterocycles. The molecule has 0 unspecified atom stereocenters. The molecule has 6 nitrogen and oxygen atoms in total. The quantitative estimate of drug-likeness (QED) is 0.695. The first-order chi connectivity index (χ1) is 9.04. The summed E-state index contributed by atoms with van der Waals surface area (Å²) in [5, 5.41) is 14.4. The van der Waals surface area contributed by atoms with Crippen LogP contribution in [-0.2, 0) is 0 Å². The molecule has 1 aromatic rings. The predicted molar refractivity (Wildman–Crippen MR) is 71.0 cm³/mol. The Morgan fingerprint density at radius 3 is 2.74 bits per heavy atom. The molecule has 0 atom stereocenters. The molecule has 0 spiro atoms. The molecule has 104 valence electrons. The third-order valence-electron chi connectivity index (χ3n) is 2.15. The maximum atomic E-state index is 11.1. The monoisotopic (exact) mass is 286 g/mol. The fourth-order valence-electron chi connectivity index (χ4n) is 1.34. The Balaban J connectivity index is 2.49. The molecule has 0 saturated carbocycles. The van der Waals surface area contributed by atoms with E-state index >= 15 is 0 Å². The number of rotatable bonds is 6. The average molecular weight is 287 g/mol. The van der Waals surface area contributed by atoms with Crippen LogP contribution in [0.15, 0.2) is 18.2 Å². The summed E-state index contributed by atoms with van der Waals surface area (Å²) in [6.07, 6.45) is 0. The van der Waals surface area contributed by atoms with Crippen molar-refractivity contribution in [3.8, 4) is 5.75 Å². The van der Waals surface area contributed by atoms with E-state index in [0.29, 0.717) is 11.6 Å². The van der Waals surface area contributed by atoms with Crippen molar-refractivity contribution in [3.63, 3.8) is 0 Å². The zero-order valence-electron chi connectivity index (χ0n) is 10.4. The number of hydrogen-bond donors (Lipinski definition) is 3. The second-order valence-electron chi connectivity index (χ2n) is 3.58. The molecule has 0 bridgehead atoms. The summed E-state index contributed by atoms with van der Waals surface area (Å²) in [7, 11) is 0. The fraction of sp³-hybridized carbons (Fsp3) is 0.333. The highest BCUT2D eigenvalue weighted by Crippen LogP contribution is 2.22. The Kier molecular flexibility index (Phi) is 5.95. The van der Waals surface area contributed by atoms with Crippen molar-refractivity contribution in [2.75, 3.05) is 19.7 Å². The minimum Gasteiger partial charge on any atom is -0.491 e. The topological polar surface area (TPSA) is 87.7 Å². The normalized spacial score (nSPS) is 9.79. The van der Waals surface area contributed by atoms with Gasteiger partial charge in [-0.1, -0.05) is 11.6 Å². The number of benzene rings is 1. The van der Waals surface area contributed by atoms with Gasteiger partial charge in [0.25, 0.3) is 0 Å². The van der Waals surface area contributed by atoms with E-state index in [4.69, 9.17) is 21.4 Å². The van der Waals surface area contributed by atoms with Gasteiger partial charge in [0.1, 0.15) is 17.9 Å². The molecule has 0 radical (unpaired) electrons. The van der Waals surface area contributed by atoms with E-state index in [0.717, 1.165) is 0 Å². The third-order valence-corrected chi connectivity index (χ3v) is 2.39. The van der Waals surface area contributed by atoms with E-state index in [2.05, 4.69) is 10.6 Å². The fourth-order valence-corrected chi connectivity index (χ4v) is 1.52. The van der Waals surface area contributed by atoms with Gasteiger partial charge in [-0.05, 0) is 25.1 Å². The van der Waals surface area contributed by atoms with Crippen LogP contribution in [0.4, 0.5) is 4.79 Å². The molecule has 7 heteroatoms. The lowest BCUT2D eigenvalue weighted by Crippen LogP contribution is -2.37. The maximum Gasteiger partial charge on any atom is 0.339 e.